The third-order valence-electron chi connectivity index (χ3n) is 4.40. The highest BCUT2D eigenvalue weighted by molar-refractivity contribution is 4.96. The van der Waals surface area contributed by atoms with Crippen LogP contribution in [0.4, 0.5) is 0 Å². The summed E-state index contributed by atoms with van der Waals surface area (Å²) in [7, 11) is 1.76. The van der Waals surface area contributed by atoms with Crippen molar-refractivity contribution in [3.05, 3.63) is 11.7 Å². The summed E-state index contributed by atoms with van der Waals surface area (Å²) in [6.07, 6.45) is 7.27. The molecule has 19 heavy (non-hydrogen) atoms. The summed E-state index contributed by atoms with van der Waals surface area (Å²) in [6, 6.07) is 0. The van der Waals surface area contributed by atoms with E-state index < -0.39 is 0 Å². The molecule has 5 nitrogen and oxygen atoms in total. The number of hydrogen-bond donors (Lipinski definition) is 1. The lowest BCUT2D eigenvalue weighted by Crippen LogP contribution is -2.43. The molecule has 1 aromatic heterocycles. The Labute approximate surface area is 114 Å². The Morgan fingerprint density at radius 3 is 2.74 bits per heavy atom. The van der Waals surface area contributed by atoms with Gasteiger partial charge in [-0.15, -0.1) is 0 Å². The van der Waals surface area contributed by atoms with Crippen LogP contribution in [-0.2, 0) is 11.2 Å². The molecular weight excluding hydrogens is 242 g/mol. The minimum absolute atomic E-state index is 0.0114. The van der Waals surface area contributed by atoms with Gasteiger partial charge in [-0.3, -0.25) is 0 Å². The molecule has 5 heteroatoms. The molecular formula is C14H23N3O2. The van der Waals surface area contributed by atoms with Gasteiger partial charge in [-0.1, -0.05) is 24.4 Å². The van der Waals surface area contributed by atoms with Gasteiger partial charge in [-0.05, 0) is 37.8 Å². The lowest BCUT2D eigenvalue weighted by Gasteiger charge is -2.27. The maximum atomic E-state index is 5.64. The maximum Gasteiger partial charge on any atom is 0.227 e. The van der Waals surface area contributed by atoms with Crippen LogP contribution >= 0.6 is 0 Å². The van der Waals surface area contributed by atoms with Crippen LogP contribution in [0.25, 0.3) is 0 Å². The van der Waals surface area contributed by atoms with Gasteiger partial charge in [0.15, 0.2) is 0 Å². The normalized spacial score (nSPS) is 23.2. The zero-order valence-electron chi connectivity index (χ0n) is 11.6. The molecule has 2 aliphatic rings. The number of hydrogen-bond acceptors (Lipinski definition) is 5. The maximum absolute atomic E-state index is 5.64. The molecule has 0 radical (unpaired) electrons. The largest absolute Gasteiger partial charge is 0.373 e. The topological polar surface area (TPSA) is 60.2 Å². The van der Waals surface area contributed by atoms with E-state index in [1.807, 2.05) is 0 Å². The van der Waals surface area contributed by atoms with Crippen LogP contribution < -0.4 is 5.32 Å². The van der Waals surface area contributed by atoms with Crippen molar-refractivity contribution in [2.24, 2.45) is 11.8 Å². The van der Waals surface area contributed by atoms with Crippen LogP contribution in [-0.4, -0.2) is 30.3 Å². The number of nitrogens with one attached hydrogen (secondary N) is 1. The van der Waals surface area contributed by atoms with E-state index in [0.717, 1.165) is 31.2 Å². The smallest absolute Gasteiger partial charge is 0.227 e. The second kappa shape index (κ2) is 6.01. The van der Waals surface area contributed by atoms with E-state index >= 15 is 0 Å². The number of aromatic nitrogens is 2. The molecule has 2 fully saturated rings. The SMILES string of the molecule is COC(c1noc(CC2CNC2)n1)C1CCCCC1. The van der Waals surface area contributed by atoms with Gasteiger partial charge in [0.1, 0.15) is 6.10 Å². The molecule has 1 atom stereocenters. The number of nitrogens with zero attached hydrogens (tertiary/aromatic N) is 2. The molecule has 0 spiro atoms. The quantitative estimate of drug-likeness (QED) is 0.883. The molecule has 2 heterocycles. The zero-order chi connectivity index (χ0) is 13.1. The molecule has 1 aliphatic heterocycles. The second-order valence-corrected chi connectivity index (χ2v) is 5.83. The fourth-order valence-corrected chi connectivity index (χ4v) is 3.15. The van der Waals surface area contributed by atoms with Crippen molar-refractivity contribution >= 4 is 0 Å². The summed E-state index contributed by atoms with van der Waals surface area (Å²) in [6.45, 7) is 2.13. The van der Waals surface area contributed by atoms with E-state index in [2.05, 4.69) is 15.5 Å². The standard InChI is InChI=1S/C14H23N3O2/c1-18-13(11-5-3-2-4-6-11)14-16-12(19-17-14)7-10-8-15-9-10/h10-11,13,15H,2-9H2,1H3. The van der Waals surface area contributed by atoms with Gasteiger partial charge in [0.2, 0.25) is 11.7 Å². The molecule has 1 N–H and O–H groups in total. The van der Waals surface area contributed by atoms with Crippen molar-refractivity contribution in [2.45, 2.75) is 44.6 Å². The number of methoxy groups -OCH3 is 1. The van der Waals surface area contributed by atoms with E-state index in [1.165, 1.54) is 32.1 Å². The third-order valence-corrected chi connectivity index (χ3v) is 4.40. The molecule has 3 rings (SSSR count). The lowest BCUT2D eigenvalue weighted by atomic mass is 9.85. The Morgan fingerprint density at radius 1 is 1.32 bits per heavy atom. The molecule has 0 amide bonds. The first-order valence-electron chi connectivity index (χ1n) is 7.43. The summed E-state index contributed by atoms with van der Waals surface area (Å²) in [5.74, 6) is 2.72. The van der Waals surface area contributed by atoms with Crippen LogP contribution in [0.2, 0.25) is 0 Å². The molecule has 1 saturated heterocycles. The summed E-state index contributed by atoms with van der Waals surface area (Å²) >= 11 is 0. The molecule has 106 valence electrons. The van der Waals surface area contributed by atoms with Gasteiger partial charge in [0.05, 0.1) is 0 Å². The Bertz CT molecular complexity index is 397. The first kappa shape index (κ1) is 13.1. The molecule has 0 aromatic carbocycles. The van der Waals surface area contributed by atoms with E-state index in [4.69, 9.17) is 9.26 Å². The number of ether oxygens (including phenoxy) is 1. The molecule has 0 bridgehead atoms. The predicted molar refractivity (Wildman–Crippen MR) is 70.7 cm³/mol. The van der Waals surface area contributed by atoms with E-state index in [0.29, 0.717) is 11.8 Å². The first-order chi connectivity index (χ1) is 9.36. The molecule has 1 aliphatic carbocycles. The summed E-state index contributed by atoms with van der Waals surface area (Å²) in [5.41, 5.74) is 0. The van der Waals surface area contributed by atoms with Crippen LogP contribution in [0.15, 0.2) is 4.52 Å². The predicted octanol–water partition coefficient (Wildman–Crippen LogP) is 2.10. The summed E-state index contributed by atoms with van der Waals surface area (Å²) in [4.78, 5) is 4.55. The van der Waals surface area contributed by atoms with Crippen molar-refractivity contribution in [3.63, 3.8) is 0 Å². The van der Waals surface area contributed by atoms with E-state index in [-0.39, 0.29) is 6.10 Å². The summed E-state index contributed by atoms with van der Waals surface area (Å²) < 4.78 is 11.0. The average Bonchev–Trinajstić information content (AvgIpc) is 2.85. The van der Waals surface area contributed by atoms with Crippen molar-refractivity contribution in [1.82, 2.24) is 15.5 Å². The van der Waals surface area contributed by atoms with Crippen molar-refractivity contribution in [1.29, 1.82) is 0 Å². The van der Waals surface area contributed by atoms with Gasteiger partial charge < -0.3 is 14.6 Å². The minimum Gasteiger partial charge on any atom is -0.373 e. The molecule has 1 unspecified atom stereocenters. The van der Waals surface area contributed by atoms with Crippen LogP contribution in [0.5, 0.6) is 0 Å². The van der Waals surface area contributed by atoms with E-state index in [1.54, 1.807) is 7.11 Å². The Hall–Kier alpha value is -0.940. The van der Waals surface area contributed by atoms with Crippen molar-refractivity contribution < 1.29 is 9.26 Å². The first-order valence-corrected chi connectivity index (χ1v) is 7.43. The Morgan fingerprint density at radius 2 is 2.11 bits per heavy atom. The summed E-state index contributed by atoms with van der Waals surface area (Å²) in [5, 5.41) is 7.40. The minimum atomic E-state index is 0.0114. The monoisotopic (exact) mass is 265 g/mol. The highest BCUT2D eigenvalue weighted by atomic mass is 16.5. The van der Waals surface area contributed by atoms with Gasteiger partial charge >= 0.3 is 0 Å². The highest BCUT2D eigenvalue weighted by Crippen LogP contribution is 2.35. The Balaban J connectivity index is 1.64. The third kappa shape index (κ3) is 2.98. The van der Waals surface area contributed by atoms with Crippen LogP contribution in [0, 0.1) is 11.8 Å². The highest BCUT2D eigenvalue weighted by Gasteiger charge is 2.29. The fraction of sp³-hybridized carbons (Fsp3) is 0.857. The Kier molecular flexibility index (Phi) is 4.13. The van der Waals surface area contributed by atoms with E-state index in [9.17, 15) is 0 Å². The van der Waals surface area contributed by atoms with Crippen molar-refractivity contribution in [2.75, 3.05) is 20.2 Å². The molecule has 1 saturated carbocycles. The van der Waals surface area contributed by atoms with Gasteiger partial charge in [-0.25, -0.2) is 0 Å². The number of rotatable bonds is 5. The van der Waals surface area contributed by atoms with Gasteiger partial charge in [0.25, 0.3) is 0 Å². The lowest BCUT2D eigenvalue weighted by molar-refractivity contribution is 0.0273. The molecule has 1 aromatic rings. The average molecular weight is 265 g/mol. The van der Waals surface area contributed by atoms with Crippen molar-refractivity contribution in [3.8, 4) is 0 Å². The van der Waals surface area contributed by atoms with Crippen LogP contribution in [0.1, 0.15) is 49.9 Å². The van der Waals surface area contributed by atoms with Crippen LogP contribution in [0.3, 0.4) is 0 Å². The van der Waals surface area contributed by atoms with Gasteiger partial charge in [-0.2, -0.15) is 4.98 Å². The fourth-order valence-electron chi connectivity index (χ4n) is 3.15. The van der Waals surface area contributed by atoms with Gasteiger partial charge in [0, 0.05) is 13.5 Å². The zero-order valence-corrected chi connectivity index (χ0v) is 11.6. The second-order valence-electron chi connectivity index (χ2n) is 5.83.